The Labute approximate surface area is 128 Å². The van der Waals surface area contributed by atoms with Crippen molar-refractivity contribution in [2.24, 2.45) is 0 Å². The summed E-state index contributed by atoms with van der Waals surface area (Å²) in [6.07, 6.45) is 4.81. The largest absolute Gasteiger partial charge is 0.282 e. The number of aryl methyl sites for hydroxylation is 2. The quantitative estimate of drug-likeness (QED) is 0.872. The molecule has 8 heteroatoms. The van der Waals surface area contributed by atoms with Gasteiger partial charge in [0.15, 0.2) is 0 Å². The van der Waals surface area contributed by atoms with Crippen LogP contribution in [0, 0.1) is 6.92 Å². The standard InChI is InChI=1S/C13H15ClN4O2S/c1-4-10-12(13(14)17-7-16-10)9-5-11(8(2)15-6-9)18-21(3,19)20/h5-7,18H,4H2,1-3H3. The van der Waals surface area contributed by atoms with E-state index in [9.17, 15) is 8.42 Å². The molecule has 0 unspecified atom stereocenters. The van der Waals surface area contributed by atoms with Crippen molar-refractivity contribution in [3.05, 3.63) is 35.1 Å². The molecule has 0 saturated heterocycles. The number of aromatic nitrogens is 3. The summed E-state index contributed by atoms with van der Waals surface area (Å²) >= 11 is 6.15. The Hall–Kier alpha value is -1.73. The van der Waals surface area contributed by atoms with Gasteiger partial charge >= 0.3 is 0 Å². The first-order valence-electron chi connectivity index (χ1n) is 6.26. The molecule has 2 aromatic heterocycles. The number of pyridine rings is 1. The van der Waals surface area contributed by atoms with E-state index in [0.717, 1.165) is 11.9 Å². The second kappa shape index (κ2) is 5.95. The second-order valence-electron chi connectivity index (χ2n) is 4.57. The van der Waals surface area contributed by atoms with Crippen molar-refractivity contribution in [2.75, 3.05) is 11.0 Å². The number of sulfonamides is 1. The summed E-state index contributed by atoms with van der Waals surface area (Å²) in [5.74, 6) is 0. The molecule has 0 aromatic carbocycles. The molecule has 0 amide bonds. The maximum atomic E-state index is 11.4. The van der Waals surface area contributed by atoms with Crippen LogP contribution >= 0.6 is 11.6 Å². The Bertz CT molecular complexity index is 778. The minimum Gasteiger partial charge on any atom is -0.282 e. The van der Waals surface area contributed by atoms with E-state index in [2.05, 4.69) is 19.7 Å². The Morgan fingerprint density at radius 2 is 2.00 bits per heavy atom. The molecular formula is C13H15ClN4O2S. The summed E-state index contributed by atoms with van der Waals surface area (Å²) in [4.78, 5) is 12.4. The van der Waals surface area contributed by atoms with Gasteiger partial charge in [-0.25, -0.2) is 18.4 Å². The molecule has 1 N–H and O–H groups in total. The van der Waals surface area contributed by atoms with Crippen molar-refractivity contribution in [1.29, 1.82) is 0 Å². The molecule has 21 heavy (non-hydrogen) atoms. The third-order valence-corrected chi connectivity index (χ3v) is 3.76. The Morgan fingerprint density at radius 3 is 2.62 bits per heavy atom. The van der Waals surface area contributed by atoms with Crippen molar-refractivity contribution in [3.63, 3.8) is 0 Å². The van der Waals surface area contributed by atoms with Gasteiger partial charge < -0.3 is 0 Å². The van der Waals surface area contributed by atoms with Gasteiger partial charge in [-0.15, -0.1) is 0 Å². The first-order valence-corrected chi connectivity index (χ1v) is 8.53. The van der Waals surface area contributed by atoms with Crippen LogP contribution in [0.15, 0.2) is 18.6 Å². The van der Waals surface area contributed by atoms with Gasteiger partial charge in [-0.3, -0.25) is 9.71 Å². The number of rotatable bonds is 4. The molecule has 0 aliphatic rings. The highest BCUT2D eigenvalue weighted by Crippen LogP contribution is 2.31. The smallest absolute Gasteiger partial charge is 0.229 e. The highest BCUT2D eigenvalue weighted by molar-refractivity contribution is 7.92. The first-order chi connectivity index (χ1) is 9.81. The van der Waals surface area contributed by atoms with Crippen LogP contribution in [0.2, 0.25) is 5.15 Å². The van der Waals surface area contributed by atoms with Gasteiger partial charge in [0, 0.05) is 17.3 Å². The van der Waals surface area contributed by atoms with E-state index in [0.29, 0.717) is 34.1 Å². The Kier molecular flexibility index (Phi) is 4.43. The van der Waals surface area contributed by atoms with Crippen LogP contribution in [-0.2, 0) is 16.4 Å². The summed E-state index contributed by atoms with van der Waals surface area (Å²) in [5, 5.41) is 0.317. The zero-order chi connectivity index (χ0) is 15.6. The maximum absolute atomic E-state index is 11.4. The molecule has 0 bridgehead atoms. The van der Waals surface area contributed by atoms with Gasteiger partial charge in [0.2, 0.25) is 10.0 Å². The van der Waals surface area contributed by atoms with Crippen molar-refractivity contribution in [1.82, 2.24) is 15.0 Å². The fourth-order valence-electron chi connectivity index (χ4n) is 1.92. The lowest BCUT2D eigenvalue weighted by molar-refractivity contribution is 0.606. The number of anilines is 1. The summed E-state index contributed by atoms with van der Waals surface area (Å²) in [6.45, 7) is 3.68. The SMILES string of the molecule is CCc1ncnc(Cl)c1-c1cnc(C)c(NS(C)(=O)=O)c1. The molecule has 112 valence electrons. The van der Waals surface area contributed by atoms with E-state index in [1.165, 1.54) is 6.33 Å². The Morgan fingerprint density at radius 1 is 1.29 bits per heavy atom. The third kappa shape index (κ3) is 3.68. The van der Waals surface area contributed by atoms with Crippen LogP contribution < -0.4 is 4.72 Å². The zero-order valence-electron chi connectivity index (χ0n) is 11.9. The van der Waals surface area contributed by atoms with E-state index < -0.39 is 10.0 Å². The van der Waals surface area contributed by atoms with Gasteiger partial charge in [0.1, 0.15) is 11.5 Å². The minimum atomic E-state index is -3.38. The molecule has 2 heterocycles. The summed E-state index contributed by atoms with van der Waals surface area (Å²) < 4.78 is 25.2. The van der Waals surface area contributed by atoms with Crippen molar-refractivity contribution >= 4 is 27.3 Å². The number of hydrogen-bond donors (Lipinski definition) is 1. The monoisotopic (exact) mass is 326 g/mol. The van der Waals surface area contributed by atoms with E-state index in [1.54, 1.807) is 19.2 Å². The Balaban J connectivity index is 2.59. The predicted octanol–water partition coefficient (Wildman–Crippen LogP) is 2.43. The van der Waals surface area contributed by atoms with Crippen LogP contribution in [0.4, 0.5) is 5.69 Å². The van der Waals surface area contributed by atoms with Crippen LogP contribution in [0.25, 0.3) is 11.1 Å². The molecule has 2 aromatic rings. The van der Waals surface area contributed by atoms with Crippen molar-refractivity contribution < 1.29 is 8.42 Å². The summed E-state index contributed by atoms with van der Waals surface area (Å²) in [7, 11) is -3.38. The number of halogens is 1. The number of hydrogen-bond acceptors (Lipinski definition) is 5. The lowest BCUT2D eigenvalue weighted by Crippen LogP contribution is -2.11. The minimum absolute atomic E-state index is 0.317. The van der Waals surface area contributed by atoms with Crippen LogP contribution in [-0.4, -0.2) is 29.6 Å². The van der Waals surface area contributed by atoms with E-state index in [-0.39, 0.29) is 0 Å². The fourth-order valence-corrected chi connectivity index (χ4v) is 2.79. The van der Waals surface area contributed by atoms with Gasteiger partial charge in [-0.2, -0.15) is 0 Å². The maximum Gasteiger partial charge on any atom is 0.229 e. The topological polar surface area (TPSA) is 84.8 Å². The summed E-state index contributed by atoms with van der Waals surface area (Å²) in [6, 6.07) is 1.69. The molecule has 0 spiro atoms. The second-order valence-corrected chi connectivity index (χ2v) is 6.68. The fraction of sp³-hybridized carbons (Fsp3) is 0.308. The zero-order valence-corrected chi connectivity index (χ0v) is 13.5. The molecule has 0 saturated carbocycles. The van der Waals surface area contributed by atoms with E-state index >= 15 is 0 Å². The lowest BCUT2D eigenvalue weighted by Gasteiger charge is -2.12. The molecule has 0 aliphatic carbocycles. The highest BCUT2D eigenvalue weighted by Gasteiger charge is 2.14. The van der Waals surface area contributed by atoms with Gasteiger partial charge in [-0.05, 0) is 19.4 Å². The average Bonchev–Trinajstić information content (AvgIpc) is 2.39. The van der Waals surface area contributed by atoms with Crippen molar-refractivity contribution in [3.8, 4) is 11.1 Å². The molecular weight excluding hydrogens is 312 g/mol. The number of nitrogens with one attached hydrogen (secondary N) is 1. The van der Waals surface area contributed by atoms with Gasteiger partial charge in [-0.1, -0.05) is 18.5 Å². The van der Waals surface area contributed by atoms with Gasteiger partial charge in [0.25, 0.3) is 0 Å². The molecule has 0 radical (unpaired) electrons. The molecule has 0 fully saturated rings. The van der Waals surface area contributed by atoms with Crippen LogP contribution in [0.5, 0.6) is 0 Å². The normalized spacial score (nSPS) is 11.4. The molecule has 6 nitrogen and oxygen atoms in total. The average molecular weight is 327 g/mol. The first kappa shape index (κ1) is 15.7. The number of nitrogens with zero attached hydrogens (tertiary/aromatic N) is 3. The summed E-state index contributed by atoms with van der Waals surface area (Å²) in [5.41, 5.74) is 3.12. The third-order valence-electron chi connectivity index (χ3n) is 2.89. The van der Waals surface area contributed by atoms with E-state index in [1.807, 2.05) is 6.92 Å². The van der Waals surface area contributed by atoms with Crippen LogP contribution in [0.3, 0.4) is 0 Å². The predicted molar refractivity (Wildman–Crippen MR) is 82.9 cm³/mol. The molecule has 0 atom stereocenters. The lowest BCUT2D eigenvalue weighted by atomic mass is 10.1. The van der Waals surface area contributed by atoms with Crippen molar-refractivity contribution in [2.45, 2.75) is 20.3 Å². The molecule has 0 aliphatic heterocycles. The van der Waals surface area contributed by atoms with E-state index in [4.69, 9.17) is 11.6 Å². The van der Waals surface area contributed by atoms with Crippen LogP contribution in [0.1, 0.15) is 18.3 Å². The van der Waals surface area contributed by atoms with Gasteiger partial charge in [0.05, 0.1) is 23.3 Å². The molecule has 2 rings (SSSR count). The highest BCUT2D eigenvalue weighted by atomic mass is 35.5.